The fourth-order valence-electron chi connectivity index (χ4n) is 3.74. The van der Waals surface area contributed by atoms with Gasteiger partial charge in [0.15, 0.2) is 5.84 Å². The zero-order chi connectivity index (χ0) is 20.7. The number of imidazole rings is 1. The molecule has 3 aromatic heterocycles. The molecule has 7 nitrogen and oxygen atoms in total. The molecule has 0 saturated heterocycles. The number of methoxy groups -OCH3 is 1. The van der Waals surface area contributed by atoms with Gasteiger partial charge in [-0.15, -0.1) is 11.3 Å². The molecule has 4 aromatic rings. The lowest BCUT2D eigenvalue weighted by molar-refractivity contribution is 0.0623. The number of aryl methyl sites for hydroxylation is 2. The fourth-order valence-corrected chi connectivity index (χ4v) is 4.86. The highest BCUT2D eigenvalue weighted by atomic mass is 32.1. The molecule has 1 aliphatic rings. The third-order valence-electron chi connectivity index (χ3n) is 5.11. The number of ether oxygens (including phenoxy) is 1. The summed E-state index contributed by atoms with van der Waals surface area (Å²) in [6, 6.07) is 12.2. The number of amidine groups is 1. The third-order valence-corrected chi connectivity index (χ3v) is 6.22. The van der Waals surface area contributed by atoms with Crippen LogP contribution in [-0.2, 0) is 4.84 Å². The Morgan fingerprint density at radius 2 is 2.07 bits per heavy atom. The molecule has 1 N–H and O–H groups in total. The lowest BCUT2D eigenvalue weighted by Crippen LogP contribution is -2.33. The fraction of sp³-hybridized carbons (Fsp3) is 0.227. The molecule has 1 atom stereocenters. The highest BCUT2D eigenvalue weighted by Crippen LogP contribution is 2.37. The molecular formula is C22H21N5O2S. The minimum Gasteiger partial charge on any atom is -0.479 e. The molecule has 0 amide bonds. The Morgan fingerprint density at radius 3 is 2.87 bits per heavy atom. The van der Waals surface area contributed by atoms with Gasteiger partial charge in [-0.1, -0.05) is 18.2 Å². The monoisotopic (exact) mass is 419 g/mol. The maximum absolute atomic E-state index is 5.70. The molecule has 30 heavy (non-hydrogen) atoms. The van der Waals surface area contributed by atoms with E-state index in [1.807, 2.05) is 29.8 Å². The van der Waals surface area contributed by atoms with Gasteiger partial charge in [-0.3, -0.25) is 9.83 Å². The van der Waals surface area contributed by atoms with Crippen LogP contribution in [0.15, 0.2) is 53.9 Å². The largest absolute Gasteiger partial charge is 0.479 e. The van der Waals surface area contributed by atoms with Crippen molar-refractivity contribution in [3.05, 3.63) is 70.8 Å². The van der Waals surface area contributed by atoms with Crippen molar-refractivity contribution in [2.24, 2.45) is 4.99 Å². The summed E-state index contributed by atoms with van der Waals surface area (Å²) < 4.78 is 8.69. The van der Waals surface area contributed by atoms with Crippen molar-refractivity contribution in [2.45, 2.75) is 19.9 Å². The first-order valence-electron chi connectivity index (χ1n) is 9.64. The van der Waals surface area contributed by atoms with Gasteiger partial charge in [0, 0.05) is 21.3 Å². The number of hydroxylamine groups is 1. The van der Waals surface area contributed by atoms with Gasteiger partial charge in [0.25, 0.3) is 0 Å². The van der Waals surface area contributed by atoms with Crippen molar-refractivity contribution >= 4 is 27.3 Å². The number of hydrogen-bond donors (Lipinski definition) is 1. The van der Waals surface area contributed by atoms with Crippen molar-refractivity contribution in [3.63, 3.8) is 0 Å². The Bertz CT molecular complexity index is 1260. The maximum Gasteiger partial charge on any atom is 0.238 e. The van der Waals surface area contributed by atoms with Crippen LogP contribution in [0.2, 0.25) is 0 Å². The predicted molar refractivity (Wildman–Crippen MR) is 118 cm³/mol. The Kier molecular flexibility index (Phi) is 4.72. The van der Waals surface area contributed by atoms with E-state index >= 15 is 0 Å². The molecule has 1 aromatic carbocycles. The summed E-state index contributed by atoms with van der Waals surface area (Å²) in [5.41, 5.74) is 6.54. The first kappa shape index (κ1) is 18.8. The highest BCUT2D eigenvalue weighted by molar-refractivity contribution is 7.19. The normalized spacial score (nSPS) is 16.4. The Labute approximate surface area is 178 Å². The summed E-state index contributed by atoms with van der Waals surface area (Å²) >= 11 is 1.79. The zero-order valence-corrected chi connectivity index (χ0v) is 17.7. The minimum atomic E-state index is -0.0961. The lowest BCUT2D eigenvalue weighted by atomic mass is 10.0. The molecule has 0 bridgehead atoms. The molecule has 0 spiro atoms. The quantitative estimate of drug-likeness (QED) is 0.538. The van der Waals surface area contributed by atoms with Gasteiger partial charge in [0.2, 0.25) is 5.88 Å². The van der Waals surface area contributed by atoms with Crippen molar-refractivity contribution in [1.29, 1.82) is 0 Å². The molecule has 0 radical (unpaired) electrons. The number of rotatable bonds is 4. The second-order valence-corrected chi connectivity index (χ2v) is 8.38. The van der Waals surface area contributed by atoms with E-state index in [9.17, 15) is 0 Å². The predicted octanol–water partition coefficient (Wildman–Crippen LogP) is 4.13. The van der Waals surface area contributed by atoms with Crippen LogP contribution in [0.3, 0.4) is 0 Å². The van der Waals surface area contributed by atoms with Crippen LogP contribution in [0.4, 0.5) is 0 Å². The highest BCUT2D eigenvalue weighted by Gasteiger charge is 2.24. The number of benzene rings is 1. The van der Waals surface area contributed by atoms with Crippen LogP contribution < -0.4 is 10.2 Å². The molecule has 0 aliphatic carbocycles. The molecule has 5 rings (SSSR count). The second kappa shape index (κ2) is 7.55. The number of nitrogens with one attached hydrogen (secondary N) is 1. The van der Waals surface area contributed by atoms with E-state index in [-0.39, 0.29) is 6.04 Å². The Balaban J connectivity index is 1.53. The maximum atomic E-state index is 5.70. The molecule has 4 heterocycles. The van der Waals surface area contributed by atoms with Crippen LogP contribution in [0.1, 0.15) is 27.9 Å². The van der Waals surface area contributed by atoms with Gasteiger partial charge in [-0.25, -0.2) is 15.4 Å². The van der Waals surface area contributed by atoms with E-state index in [4.69, 9.17) is 14.6 Å². The first-order chi connectivity index (χ1) is 14.6. The van der Waals surface area contributed by atoms with Gasteiger partial charge in [0.05, 0.1) is 19.1 Å². The van der Waals surface area contributed by atoms with E-state index in [2.05, 4.69) is 46.6 Å². The smallest absolute Gasteiger partial charge is 0.238 e. The second-order valence-electron chi connectivity index (χ2n) is 7.12. The van der Waals surface area contributed by atoms with Crippen molar-refractivity contribution in [2.75, 3.05) is 13.7 Å². The number of nitrogens with zero attached hydrogens (tertiary/aromatic N) is 4. The molecule has 0 saturated carbocycles. The summed E-state index contributed by atoms with van der Waals surface area (Å²) in [4.78, 5) is 20.8. The van der Waals surface area contributed by atoms with Gasteiger partial charge in [-0.05, 0) is 37.4 Å². The van der Waals surface area contributed by atoms with E-state index in [1.165, 1.54) is 20.5 Å². The van der Waals surface area contributed by atoms with Crippen molar-refractivity contribution in [1.82, 2.24) is 20.0 Å². The molecule has 1 unspecified atom stereocenters. The molecular weight excluding hydrogens is 398 g/mol. The Hall–Kier alpha value is -3.23. The van der Waals surface area contributed by atoms with Crippen LogP contribution in [0.5, 0.6) is 5.88 Å². The molecule has 0 fully saturated rings. The summed E-state index contributed by atoms with van der Waals surface area (Å²) in [5.74, 6) is 1.08. The van der Waals surface area contributed by atoms with Crippen molar-refractivity contribution < 1.29 is 9.57 Å². The summed E-state index contributed by atoms with van der Waals surface area (Å²) in [6.45, 7) is 4.55. The standard InChI is InChI=1S/C22H21N5O2S/c1-13-10-27(12-23-13)18-9-8-16(25-22(18)28-3)21-24-17(11-29-26-21)20-14(2)30-19-7-5-4-6-15(19)20/h4-10,12,17H,11H2,1-3H3,(H,24,26). The van der Waals surface area contributed by atoms with Crippen LogP contribution in [-0.4, -0.2) is 34.1 Å². The lowest BCUT2D eigenvalue weighted by Gasteiger charge is -2.22. The van der Waals surface area contributed by atoms with Gasteiger partial charge < -0.3 is 9.30 Å². The van der Waals surface area contributed by atoms with Gasteiger partial charge in [0.1, 0.15) is 24.0 Å². The van der Waals surface area contributed by atoms with Crippen LogP contribution in [0.25, 0.3) is 15.8 Å². The Morgan fingerprint density at radius 1 is 1.20 bits per heavy atom. The van der Waals surface area contributed by atoms with Crippen LogP contribution >= 0.6 is 11.3 Å². The van der Waals surface area contributed by atoms with E-state index in [0.717, 1.165) is 11.4 Å². The minimum absolute atomic E-state index is 0.0961. The van der Waals surface area contributed by atoms with Gasteiger partial charge >= 0.3 is 0 Å². The molecule has 152 valence electrons. The summed E-state index contributed by atoms with van der Waals surface area (Å²) in [6.07, 6.45) is 3.67. The number of thiophene rings is 1. The van der Waals surface area contributed by atoms with Crippen molar-refractivity contribution in [3.8, 4) is 11.6 Å². The number of fused-ring (bicyclic) bond motifs is 1. The van der Waals surface area contributed by atoms with E-state index in [1.54, 1.807) is 24.8 Å². The topological polar surface area (TPSA) is 73.6 Å². The first-order valence-corrected chi connectivity index (χ1v) is 10.5. The SMILES string of the molecule is COc1nc(C2=NC(c3c(C)sc4ccccc34)CON2)ccc1-n1cnc(C)c1. The van der Waals surface area contributed by atoms with E-state index < -0.39 is 0 Å². The third kappa shape index (κ3) is 3.24. The molecule has 1 aliphatic heterocycles. The number of hydrogen-bond acceptors (Lipinski definition) is 7. The summed E-state index contributed by atoms with van der Waals surface area (Å²) in [5, 5.41) is 1.23. The zero-order valence-electron chi connectivity index (χ0n) is 16.9. The molecule has 8 heteroatoms. The average molecular weight is 420 g/mol. The van der Waals surface area contributed by atoms with Crippen LogP contribution in [0, 0.1) is 13.8 Å². The summed E-state index contributed by atoms with van der Waals surface area (Å²) in [7, 11) is 1.61. The van der Waals surface area contributed by atoms with Gasteiger partial charge in [-0.2, -0.15) is 0 Å². The van der Waals surface area contributed by atoms with E-state index in [0.29, 0.717) is 24.0 Å². The number of aromatic nitrogens is 3. The average Bonchev–Trinajstić information content (AvgIpc) is 3.35. The number of aliphatic imine (C=N–C) groups is 1. The number of pyridine rings is 1.